The van der Waals surface area contributed by atoms with Crippen LogP contribution in [-0.2, 0) is 4.79 Å². The molecule has 1 aliphatic heterocycles. The highest BCUT2D eigenvalue weighted by atomic mass is 79.9. The molecule has 2 N–H and O–H groups in total. The summed E-state index contributed by atoms with van der Waals surface area (Å²) in [5.74, 6) is 0.908. The molecule has 2 amide bonds. The van der Waals surface area contributed by atoms with E-state index in [0.29, 0.717) is 30.2 Å². The van der Waals surface area contributed by atoms with Gasteiger partial charge in [-0.1, -0.05) is 22.0 Å². The number of anilines is 1. The summed E-state index contributed by atoms with van der Waals surface area (Å²) < 4.78 is 6.52. The number of hydrogen-bond donors (Lipinski definition) is 2. The number of nitrogens with one attached hydrogen (secondary N) is 2. The molecule has 24 heavy (non-hydrogen) atoms. The molecule has 0 saturated heterocycles. The highest BCUT2D eigenvalue weighted by Gasteiger charge is 2.17. The number of benzene rings is 2. The summed E-state index contributed by atoms with van der Waals surface area (Å²) in [6, 6.07) is 12.8. The minimum atomic E-state index is -0.194. The maximum atomic E-state index is 12.2. The predicted molar refractivity (Wildman–Crippen MR) is 97.8 cm³/mol. The second-order valence-electron chi connectivity index (χ2n) is 5.11. The van der Waals surface area contributed by atoms with Crippen LogP contribution >= 0.6 is 27.7 Å². The van der Waals surface area contributed by atoms with Gasteiger partial charge < -0.3 is 15.4 Å². The van der Waals surface area contributed by atoms with Gasteiger partial charge in [0.05, 0.1) is 18.0 Å². The standard InChI is InChI=1S/C17H15BrN2O3S/c18-12-2-1-3-13(9-12)23-7-6-19-17(22)11-4-5-15-14(8-11)20-16(21)10-24-15/h1-5,8-9H,6-7,10H2,(H,19,22)(H,20,21). The molecule has 0 fully saturated rings. The molecule has 7 heteroatoms. The second kappa shape index (κ2) is 7.72. The minimum absolute atomic E-state index is 0.0486. The summed E-state index contributed by atoms with van der Waals surface area (Å²) in [5.41, 5.74) is 1.20. The molecule has 0 unspecified atom stereocenters. The Balaban J connectivity index is 1.52. The monoisotopic (exact) mass is 406 g/mol. The first kappa shape index (κ1) is 16.9. The molecule has 0 aliphatic carbocycles. The summed E-state index contributed by atoms with van der Waals surface area (Å²) in [6.07, 6.45) is 0. The molecule has 0 radical (unpaired) electrons. The van der Waals surface area contributed by atoms with Crippen LogP contribution in [0.3, 0.4) is 0 Å². The van der Waals surface area contributed by atoms with Crippen LogP contribution in [0.15, 0.2) is 51.8 Å². The minimum Gasteiger partial charge on any atom is -0.492 e. The van der Waals surface area contributed by atoms with Gasteiger partial charge in [-0.25, -0.2) is 0 Å². The molecule has 1 heterocycles. The first-order valence-electron chi connectivity index (χ1n) is 7.35. The number of amides is 2. The van der Waals surface area contributed by atoms with Gasteiger partial charge in [0.1, 0.15) is 12.4 Å². The zero-order valence-electron chi connectivity index (χ0n) is 12.7. The van der Waals surface area contributed by atoms with Gasteiger partial charge in [0.25, 0.3) is 5.91 Å². The van der Waals surface area contributed by atoms with Gasteiger partial charge in [0, 0.05) is 14.9 Å². The van der Waals surface area contributed by atoms with Crippen LogP contribution < -0.4 is 15.4 Å². The Bertz CT molecular complexity index is 782. The Hall–Kier alpha value is -1.99. The maximum absolute atomic E-state index is 12.2. The van der Waals surface area contributed by atoms with Crippen LogP contribution in [0, 0.1) is 0 Å². The van der Waals surface area contributed by atoms with Gasteiger partial charge >= 0.3 is 0 Å². The first-order valence-corrected chi connectivity index (χ1v) is 9.13. The van der Waals surface area contributed by atoms with Crippen molar-refractivity contribution >= 4 is 45.2 Å². The van der Waals surface area contributed by atoms with E-state index in [1.807, 2.05) is 30.3 Å². The molecule has 1 aliphatic rings. The number of rotatable bonds is 5. The summed E-state index contributed by atoms with van der Waals surface area (Å²) >= 11 is 4.85. The second-order valence-corrected chi connectivity index (χ2v) is 7.04. The van der Waals surface area contributed by atoms with Crippen molar-refractivity contribution in [3.05, 3.63) is 52.5 Å². The lowest BCUT2D eigenvalue weighted by atomic mass is 10.2. The van der Waals surface area contributed by atoms with Gasteiger partial charge in [-0.3, -0.25) is 9.59 Å². The molecule has 3 rings (SSSR count). The van der Waals surface area contributed by atoms with Crippen molar-refractivity contribution < 1.29 is 14.3 Å². The number of carbonyl (C=O) groups excluding carboxylic acids is 2. The van der Waals surface area contributed by atoms with Gasteiger partial charge in [-0.2, -0.15) is 0 Å². The highest BCUT2D eigenvalue weighted by Crippen LogP contribution is 2.31. The largest absolute Gasteiger partial charge is 0.492 e. The fourth-order valence-corrected chi connectivity index (χ4v) is 3.38. The Labute approximate surface area is 152 Å². The van der Waals surface area contributed by atoms with Crippen molar-refractivity contribution in [2.75, 3.05) is 24.2 Å². The lowest BCUT2D eigenvalue weighted by Gasteiger charge is -2.17. The van der Waals surface area contributed by atoms with E-state index in [9.17, 15) is 9.59 Å². The molecule has 0 spiro atoms. The van der Waals surface area contributed by atoms with Gasteiger partial charge in [0.2, 0.25) is 5.91 Å². The maximum Gasteiger partial charge on any atom is 0.251 e. The normalized spacial score (nSPS) is 13.0. The van der Waals surface area contributed by atoms with Crippen molar-refractivity contribution in [2.24, 2.45) is 0 Å². The third-order valence-corrected chi connectivity index (χ3v) is 4.89. The highest BCUT2D eigenvalue weighted by molar-refractivity contribution is 9.10. The summed E-state index contributed by atoms with van der Waals surface area (Å²) in [6.45, 7) is 0.767. The van der Waals surface area contributed by atoms with Crippen LogP contribution in [0.2, 0.25) is 0 Å². The van der Waals surface area contributed by atoms with E-state index in [2.05, 4.69) is 26.6 Å². The third kappa shape index (κ3) is 4.30. The Morgan fingerprint density at radius 3 is 3.00 bits per heavy atom. The number of ether oxygens (including phenoxy) is 1. The van der Waals surface area contributed by atoms with E-state index in [0.717, 1.165) is 15.1 Å². The van der Waals surface area contributed by atoms with E-state index in [1.54, 1.807) is 12.1 Å². The molecule has 5 nitrogen and oxygen atoms in total. The number of hydrogen-bond acceptors (Lipinski definition) is 4. The molecule has 0 saturated carbocycles. The van der Waals surface area contributed by atoms with Crippen molar-refractivity contribution in [3.8, 4) is 5.75 Å². The molecule has 0 atom stereocenters. The first-order chi connectivity index (χ1) is 11.6. The number of halogens is 1. The van der Waals surface area contributed by atoms with Crippen LogP contribution in [0.5, 0.6) is 5.75 Å². The van der Waals surface area contributed by atoms with E-state index >= 15 is 0 Å². The lowest BCUT2D eigenvalue weighted by Crippen LogP contribution is -2.28. The summed E-state index contributed by atoms with van der Waals surface area (Å²) in [4.78, 5) is 24.6. The van der Waals surface area contributed by atoms with Crippen LogP contribution in [0.25, 0.3) is 0 Å². The van der Waals surface area contributed by atoms with E-state index in [4.69, 9.17) is 4.74 Å². The Kier molecular flexibility index (Phi) is 5.42. The molecule has 0 aromatic heterocycles. The molecular weight excluding hydrogens is 392 g/mol. The summed E-state index contributed by atoms with van der Waals surface area (Å²) in [5, 5.41) is 5.59. The average Bonchev–Trinajstić information content (AvgIpc) is 2.58. The van der Waals surface area contributed by atoms with Crippen LogP contribution in [-0.4, -0.2) is 30.7 Å². The number of thioether (sulfide) groups is 1. The van der Waals surface area contributed by atoms with E-state index in [-0.39, 0.29) is 11.8 Å². The zero-order valence-corrected chi connectivity index (χ0v) is 15.1. The lowest BCUT2D eigenvalue weighted by molar-refractivity contribution is -0.113. The quantitative estimate of drug-likeness (QED) is 0.747. The topological polar surface area (TPSA) is 67.4 Å². The predicted octanol–water partition coefficient (Wildman–Crippen LogP) is 3.30. The summed E-state index contributed by atoms with van der Waals surface area (Å²) in [7, 11) is 0. The molecule has 2 aromatic rings. The molecule has 0 bridgehead atoms. The number of fused-ring (bicyclic) bond motifs is 1. The smallest absolute Gasteiger partial charge is 0.251 e. The molecule has 124 valence electrons. The fraction of sp³-hybridized carbons (Fsp3) is 0.176. The van der Waals surface area contributed by atoms with Crippen molar-refractivity contribution in [2.45, 2.75) is 4.90 Å². The van der Waals surface area contributed by atoms with E-state index in [1.165, 1.54) is 11.8 Å². The average molecular weight is 407 g/mol. The zero-order chi connectivity index (χ0) is 16.9. The Morgan fingerprint density at radius 1 is 1.29 bits per heavy atom. The van der Waals surface area contributed by atoms with Gasteiger partial charge in [-0.15, -0.1) is 11.8 Å². The molecule has 2 aromatic carbocycles. The van der Waals surface area contributed by atoms with Crippen molar-refractivity contribution in [3.63, 3.8) is 0 Å². The van der Waals surface area contributed by atoms with Gasteiger partial charge in [0.15, 0.2) is 0 Å². The van der Waals surface area contributed by atoms with Crippen LogP contribution in [0.1, 0.15) is 10.4 Å². The van der Waals surface area contributed by atoms with Crippen LogP contribution in [0.4, 0.5) is 5.69 Å². The SMILES string of the molecule is O=C1CSc2ccc(C(=O)NCCOc3cccc(Br)c3)cc2N1. The fourth-order valence-electron chi connectivity index (χ4n) is 2.22. The van der Waals surface area contributed by atoms with Crippen molar-refractivity contribution in [1.29, 1.82) is 0 Å². The number of carbonyl (C=O) groups is 2. The van der Waals surface area contributed by atoms with E-state index < -0.39 is 0 Å². The van der Waals surface area contributed by atoms with Crippen molar-refractivity contribution in [1.82, 2.24) is 5.32 Å². The van der Waals surface area contributed by atoms with Gasteiger partial charge in [-0.05, 0) is 36.4 Å². The molecular formula is C17H15BrN2O3S. The third-order valence-electron chi connectivity index (χ3n) is 3.33. The Morgan fingerprint density at radius 2 is 2.17 bits per heavy atom.